The van der Waals surface area contributed by atoms with Gasteiger partial charge in [-0.05, 0) is 50.0 Å². The second-order valence-corrected chi connectivity index (χ2v) is 7.58. The van der Waals surface area contributed by atoms with E-state index >= 15 is 0 Å². The number of nitrogens with one attached hydrogen (secondary N) is 2. The smallest absolute Gasteiger partial charge is 0.223 e. The van der Waals surface area contributed by atoms with Gasteiger partial charge in [-0.1, -0.05) is 0 Å². The van der Waals surface area contributed by atoms with E-state index in [0.29, 0.717) is 12.0 Å². The fourth-order valence-electron chi connectivity index (χ4n) is 3.25. The lowest BCUT2D eigenvalue weighted by atomic mass is 9.85. The van der Waals surface area contributed by atoms with Crippen LogP contribution < -0.4 is 10.6 Å². The van der Waals surface area contributed by atoms with Gasteiger partial charge in [-0.15, -0.1) is 0 Å². The van der Waals surface area contributed by atoms with Crippen LogP contribution >= 0.6 is 11.8 Å². The molecule has 0 aromatic rings. The van der Waals surface area contributed by atoms with Crippen LogP contribution in [-0.4, -0.2) is 48.8 Å². The van der Waals surface area contributed by atoms with E-state index in [1.54, 1.807) is 0 Å². The van der Waals surface area contributed by atoms with Gasteiger partial charge in [0, 0.05) is 31.7 Å². The quantitative estimate of drug-likeness (QED) is 0.756. The molecule has 1 unspecified atom stereocenters. The maximum atomic E-state index is 11.5. The van der Waals surface area contributed by atoms with Crippen LogP contribution in [0.25, 0.3) is 0 Å². The number of carbonyl (C=O) groups excluding carboxylic acids is 1. The number of hydrogen-bond donors (Lipinski definition) is 2. The Balaban J connectivity index is 1.35. The number of rotatable bonds is 5. The Hall–Kier alpha value is -0.260. The summed E-state index contributed by atoms with van der Waals surface area (Å²) in [6.07, 6.45) is 6.82. The van der Waals surface area contributed by atoms with E-state index < -0.39 is 0 Å². The lowest BCUT2D eigenvalue weighted by Gasteiger charge is -2.43. The molecular formula is C15H26N2O2S. The Morgan fingerprint density at radius 3 is 2.75 bits per heavy atom. The summed E-state index contributed by atoms with van der Waals surface area (Å²) in [4.78, 5) is 11.5. The van der Waals surface area contributed by atoms with Crippen molar-refractivity contribution in [2.75, 3.05) is 31.2 Å². The average molecular weight is 298 g/mol. The number of hydrogen-bond acceptors (Lipinski definition) is 4. The highest BCUT2D eigenvalue weighted by Crippen LogP contribution is 2.37. The van der Waals surface area contributed by atoms with Crippen molar-refractivity contribution in [1.29, 1.82) is 0 Å². The molecule has 1 saturated carbocycles. The molecule has 1 spiro atoms. The lowest BCUT2D eigenvalue weighted by molar-refractivity contribution is -0.122. The van der Waals surface area contributed by atoms with Crippen LogP contribution in [0.3, 0.4) is 0 Å². The van der Waals surface area contributed by atoms with Gasteiger partial charge in [-0.3, -0.25) is 4.79 Å². The molecule has 1 atom stereocenters. The van der Waals surface area contributed by atoms with Crippen LogP contribution in [0.1, 0.15) is 38.5 Å². The van der Waals surface area contributed by atoms with E-state index in [2.05, 4.69) is 10.6 Å². The fourth-order valence-corrected chi connectivity index (χ4v) is 4.48. The fraction of sp³-hybridized carbons (Fsp3) is 0.933. The third-order valence-corrected chi connectivity index (χ3v) is 5.69. The Kier molecular flexibility index (Phi) is 4.89. The summed E-state index contributed by atoms with van der Waals surface area (Å²) in [5.74, 6) is 3.05. The van der Waals surface area contributed by atoms with Crippen molar-refractivity contribution in [2.45, 2.75) is 50.2 Å². The van der Waals surface area contributed by atoms with Gasteiger partial charge < -0.3 is 15.4 Å². The molecule has 0 radical (unpaired) electrons. The summed E-state index contributed by atoms with van der Waals surface area (Å²) in [7, 11) is 0. The zero-order valence-electron chi connectivity index (χ0n) is 12.2. The predicted molar refractivity (Wildman–Crippen MR) is 82.0 cm³/mol. The first kappa shape index (κ1) is 14.7. The standard InChI is InChI=1S/C15H26N2O2S/c18-14(12-1-2-12)17-7-6-16-13-3-8-19-15(11-13)4-9-20-10-5-15/h12-13,16H,1-11H2,(H,17,18). The number of thioether (sulfide) groups is 1. The Morgan fingerprint density at radius 2 is 2.00 bits per heavy atom. The van der Waals surface area contributed by atoms with Crippen LogP contribution in [0.5, 0.6) is 0 Å². The molecule has 2 N–H and O–H groups in total. The normalized spacial score (nSPS) is 29.3. The highest BCUT2D eigenvalue weighted by molar-refractivity contribution is 7.99. The molecule has 0 bridgehead atoms. The van der Waals surface area contributed by atoms with Crippen LogP contribution in [-0.2, 0) is 9.53 Å². The molecule has 2 saturated heterocycles. The largest absolute Gasteiger partial charge is 0.375 e. The predicted octanol–water partition coefficient (Wildman–Crippen LogP) is 1.55. The molecule has 3 aliphatic rings. The first-order valence-electron chi connectivity index (χ1n) is 8.00. The zero-order valence-corrected chi connectivity index (χ0v) is 13.0. The molecule has 2 aliphatic heterocycles. The van der Waals surface area contributed by atoms with Gasteiger partial charge >= 0.3 is 0 Å². The Labute approximate surface area is 125 Å². The molecule has 0 aromatic heterocycles. The number of amides is 1. The van der Waals surface area contributed by atoms with E-state index in [9.17, 15) is 4.79 Å². The van der Waals surface area contributed by atoms with Crippen molar-refractivity contribution in [3.8, 4) is 0 Å². The van der Waals surface area contributed by atoms with Gasteiger partial charge in [0.2, 0.25) is 5.91 Å². The number of carbonyl (C=O) groups is 1. The second kappa shape index (κ2) is 6.67. The minimum absolute atomic E-state index is 0.151. The van der Waals surface area contributed by atoms with Crippen molar-refractivity contribution in [1.82, 2.24) is 10.6 Å². The van der Waals surface area contributed by atoms with Crippen LogP contribution in [0, 0.1) is 5.92 Å². The van der Waals surface area contributed by atoms with Crippen LogP contribution in [0.15, 0.2) is 0 Å². The number of ether oxygens (including phenoxy) is 1. The summed E-state index contributed by atoms with van der Waals surface area (Å²) in [5.41, 5.74) is 0.151. The maximum Gasteiger partial charge on any atom is 0.223 e. The minimum Gasteiger partial charge on any atom is -0.375 e. The molecular weight excluding hydrogens is 272 g/mol. The van der Waals surface area contributed by atoms with Gasteiger partial charge in [-0.25, -0.2) is 0 Å². The van der Waals surface area contributed by atoms with E-state index in [-0.39, 0.29) is 11.5 Å². The van der Waals surface area contributed by atoms with Crippen molar-refractivity contribution in [2.24, 2.45) is 5.92 Å². The van der Waals surface area contributed by atoms with Gasteiger partial charge in [0.25, 0.3) is 0 Å². The molecule has 1 amide bonds. The highest BCUT2D eigenvalue weighted by atomic mass is 32.2. The van der Waals surface area contributed by atoms with Crippen molar-refractivity contribution in [3.63, 3.8) is 0 Å². The Bertz CT molecular complexity index is 335. The molecule has 1 aliphatic carbocycles. The van der Waals surface area contributed by atoms with E-state index in [0.717, 1.165) is 45.4 Å². The van der Waals surface area contributed by atoms with Gasteiger partial charge in [-0.2, -0.15) is 11.8 Å². The van der Waals surface area contributed by atoms with Gasteiger partial charge in [0.05, 0.1) is 5.60 Å². The van der Waals surface area contributed by atoms with E-state index in [1.165, 1.54) is 24.3 Å². The Morgan fingerprint density at radius 1 is 1.20 bits per heavy atom. The van der Waals surface area contributed by atoms with Crippen LogP contribution in [0.2, 0.25) is 0 Å². The summed E-state index contributed by atoms with van der Waals surface area (Å²) >= 11 is 2.05. The monoisotopic (exact) mass is 298 g/mol. The van der Waals surface area contributed by atoms with Crippen LogP contribution in [0.4, 0.5) is 0 Å². The second-order valence-electron chi connectivity index (χ2n) is 6.35. The van der Waals surface area contributed by atoms with Gasteiger partial charge in [0.15, 0.2) is 0 Å². The zero-order chi connectivity index (χ0) is 13.8. The molecule has 3 rings (SSSR count). The molecule has 2 heterocycles. The molecule has 4 nitrogen and oxygen atoms in total. The molecule has 5 heteroatoms. The first-order chi connectivity index (χ1) is 9.77. The first-order valence-corrected chi connectivity index (χ1v) is 9.16. The van der Waals surface area contributed by atoms with Crippen molar-refractivity contribution in [3.05, 3.63) is 0 Å². The average Bonchev–Trinajstić information content (AvgIpc) is 3.29. The molecule has 3 fully saturated rings. The van der Waals surface area contributed by atoms with E-state index in [4.69, 9.17) is 4.74 Å². The third-order valence-electron chi connectivity index (χ3n) is 4.70. The highest BCUT2D eigenvalue weighted by Gasteiger charge is 2.38. The van der Waals surface area contributed by atoms with Crippen molar-refractivity contribution < 1.29 is 9.53 Å². The summed E-state index contributed by atoms with van der Waals surface area (Å²) in [6, 6.07) is 0.560. The third kappa shape index (κ3) is 3.89. The molecule has 20 heavy (non-hydrogen) atoms. The minimum atomic E-state index is 0.151. The summed E-state index contributed by atoms with van der Waals surface area (Å²) in [5, 5.41) is 6.63. The molecule has 114 valence electrons. The maximum absolute atomic E-state index is 11.5. The van der Waals surface area contributed by atoms with E-state index in [1.807, 2.05) is 11.8 Å². The SMILES string of the molecule is O=C(NCCNC1CCOC2(CCSCC2)C1)C1CC1. The van der Waals surface area contributed by atoms with Gasteiger partial charge in [0.1, 0.15) is 0 Å². The summed E-state index contributed by atoms with van der Waals surface area (Å²) in [6.45, 7) is 2.53. The topological polar surface area (TPSA) is 50.4 Å². The lowest BCUT2D eigenvalue weighted by Crippen LogP contribution is -2.50. The summed E-state index contributed by atoms with van der Waals surface area (Å²) < 4.78 is 6.10. The van der Waals surface area contributed by atoms with Crippen molar-refractivity contribution >= 4 is 17.7 Å². The molecule has 0 aromatic carbocycles.